The van der Waals surface area contributed by atoms with E-state index in [1.54, 1.807) is 0 Å². The first-order valence-corrected chi connectivity index (χ1v) is 5.45. The minimum absolute atomic E-state index is 0.166. The molecule has 1 heterocycles. The summed E-state index contributed by atoms with van der Waals surface area (Å²) in [5.41, 5.74) is 0. The summed E-state index contributed by atoms with van der Waals surface area (Å²) >= 11 is 0. The Morgan fingerprint density at radius 1 is 1.60 bits per heavy atom. The Hall–Kier alpha value is -1.39. The highest BCUT2D eigenvalue weighted by molar-refractivity contribution is 5.76. The van der Waals surface area contributed by atoms with Gasteiger partial charge in [0.05, 0.1) is 0 Å². The number of hydrogen-bond acceptors (Lipinski definition) is 3. The summed E-state index contributed by atoms with van der Waals surface area (Å²) in [5, 5.41) is 9.40. The van der Waals surface area contributed by atoms with Gasteiger partial charge >= 0.3 is 0 Å². The van der Waals surface area contributed by atoms with Gasteiger partial charge in [0.15, 0.2) is 0 Å². The quantitative estimate of drug-likeness (QED) is 0.746. The summed E-state index contributed by atoms with van der Waals surface area (Å²) in [4.78, 5) is 15.4. The lowest BCUT2D eigenvalue weighted by molar-refractivity contribution is -0.122. The van der Waals surface area contributed by atoms with Gasteiger partial charge in [-0.1, -0.05) is 6.42 Å². The first-order chi connectivity index (χ1) is 7.34. The molecule has 2 N–H and O–H groups in total. The monoisotopic (exact) mass is 208 g/mol. The van der Waals surface area contributed by atoms with Gasteiger partial charge in [0.1, 0.15) is 12.2 Å². The molecular formula is C10H16N4O. The average molecular weight is 208 g/mol. The third-order valence-electron chi connectivity index (χ3n) is 2.85. The number of hydrogen-bond donors (Lipinski definition) is 2. The SMILES string of the molecule is O=C(CC1CCC1)NCCc1ncn[nH]1. The molecule has 1 fully saturated rings. The van der Waals surface area contributed by atoms with Gasteiger partial charge in [-0.05, 0) is 18.8 Å². The number of amides is 1. The summed E-state index contributed by atoms with van der Waals surface area (Å²) in [5.74, 6) is 1.62. The van der Waals surface area contributed by atoms with Gasteiger partial charge in [0.2, 0.25) is 5.91 Å². The Morgan fingerprint density at radius 3 is 3.07 bits per heavy atom. The normalized spacial score (nSPS) is 16.0. The molecule has 0 bridgehead atoms. The van der Waals surface area contributed by atoms with Crippen LogP contribution in [0.3, 0.4) is 0 Å². The fraction of sp³-hybridized carbons (Fsp3) is 0.700. The van der Waals surface area contributed by atoms with Crippen molar-refractivity contribution in [1.29, 1.82) is 0 Å². The number of carbonyl (C=O) groups is 1. The topological polar surface area (TPSA) is 70.7 Å². The lowest BCUT2D eigenvalue weighted by atomic mass is 9.83. The zero-order valence-electron chi connectivity index (χ0n) is 8.70. The molecule has 2 rings (SSSR count). The van der Waals surface area contributed by atoms with E-state index >= 15 is 0 Å². The van der Waals surface area contributed by atoms with E-state index in [4.69, 9.17) is 0 Å². The molecule has 0 unspecified atom stereocenters. The molecule has 1 saturated carbocycles. The molecule has 0 radical (unpaired) electrons. The molecule has 5 nitrogen and oxygen atoms in total. The molecule has 1 aliphatic carbocycles. The lowest BCUT2D eigenvalue weighted by Gasteiger charge is -2.24. The van der Waals surface area contributed by atoms with Crippen molar-refractivity contribution in [3.8, 4) is 0 Å². The van der Waals surface area contributed by atoms with E-state index < -0.39 is 0 Å². The second-order valence-corrected chi connectivity index (χ2v) is 4.03. The standard InChI is InChI=1S/C10H16N4O/c15-10(6-8-2-1-3-8)11-5-4-9-12-7-13-14-9/h7-8H,1-6H2,(H,11,15)(H,12,13,14). The molecule has 0 aliphatic heterocycles. The fourth-order valence-electron chi connectivity index (χ4n) is 1.70. The Bertz CT molecular complexity index is 305. The summed E-state index contributed by atoms with van der Waals surface area (Å²) < 4.78 is 0. The predicted octanol–water partition coefficient (Wildman–Crippen LogP) is 0.654. The predicted molar refractivity (Wildman–Crippen MR) is 55.1 cm³/mol. The molecule has 0 atom stereocenters. The van der Waals surface area contributed by atoms with Crippen molar-refractivity contribution in [3.63, 3.8) is 0 Å². The molecule has 5 heteroatoms. The van der Waals surface area contributed by atoms with Crippen molar-refractivity contribution < 1.29 is 4.79 Å². The Kier molecular flexibility index (Phi) is 3.32. The smallest absolute Gasteiger partial charge is 0.220 e. The third-order valence-corrected chi connectivity index (χ3v) is 2.85. The first kappa shape index (κ1) is 10.1. The number of aromatic amines is 1. The van der Waals surface area contributed by atoms with Crippen molar-refractivity contribution in [3.05, 3.63) is 12.2 Å². The Labute approximate surface area is 88.7 Å². The highest BCUT2D eigenvalue weighted by Crippen LogP contribution is 2.28. The molecule has 1 aromatic rings. The number of rotatable bonds is 5. The van der Waals surface area contributed by atoms with Gasteiger partial charge < -0.3 is 5.32 Å². The van der Waals surface area contributed by atoms with Crippen LogP contribution in [0.5, 0.6) is 0 Å². The largest absolute Gasteiger partial charge is 0.356 e. The minimum Gasteiger partial charge on any atom is -0.356 e. The van der Waals surface area contributed by atoms with Crippen LogP contribution in [0.25, 0.3) is 0 Å². The van der Waals surface area contributed by atoms with Crippen LogP contribution in [0.15, 0.2) is 6.33 Å². The van der Waals surface area contributed by atoms with Crippen LogP contribution in [0, 0.1) is 5.92 Å². The van der Waals surface area contributed by atoms with Gasteiger partial charge in [0.25, 0.3) is 0 Å². The summed E-state index contributed by atoms with van der Waals surface area (Å²) in [7, 11) is 0. The maximum atomic E-state index is 11.4. The van der Waals surface area contributed by atoms with E-state index in [1.807, 2.05) is 0 Å². The summed E-state index contributed by atoms with van der Waals surface area (Å²) in [6.07, 6.45) is 6.61. The number of nitrogens with one attached hydrogen (secondary N) is 2. The molecule has 0 spiro atoms. The molecule has 15 heavy (non-hydrogen) atoms. The molecule has 1 aromatic heterocycles. The summed E-state index contributed by atoms with van der Waals surface area (Å²) in [6, 6.07) is 0. The van der Waals surface area contributed by atoms with Crippen LogP contribution in [0.1, 0.15) is 31.5 Å². The van der Waals surface area contributed by atoms with Crippen molar-refractivity contribution >= 4 is 5.91 Å². The van der Waals surface area contributed by atoms with Crippen LogP contribution < -0.4 is 5.32 Å². The van der Waals surface area contributed by atoms with Crippen molar-refractivity contribution in [2.24, 2.45) is 5.92 Å². The van der Waals surface area contributed by atoms with Crippen LogP contribution in [0.2, 0.25) is 0 Å². The average Bonchev–Trinajstić information content (AvgIpc) is 2.64. The van der Waals surface area contributed by atoms with Gasteiger partial charge in [-0.2, -0.15) is 5.10 Å². The van der Waals surface area contributed by atoms with E-state index in [-0.39, 0.29) is 5.91 Å². The van der Waals surface area contributed by atoms with E-state index in [1.165, 1.54) is 25.6 Å². The number of aromatic nitrogens is 3. The van der Waals surface area contributed by atoms with Crippen molar-refractivity contribution in [2.75, 3.05) is 6.54 Å². The minimum atomic E-state index is 0.166. The molecular weight excluding hydrogens is 192 g/mol. The molecule has 0 aromatic carbocycles. The lowest BCUT2D eigenvalue weighted by Crippen LogP contribution is -2.29. The van der Waals surface area contributed by atoms with Crippen molar-refractivity contribution in [2.45, 2.75) is 32.1 Å². The second kappa shape index (κ2) is 4.91. The molecule has 82 valence electrons. The highest BCUT2D eigenvalue weighted by Gasteiger charge is 2.20. The molecule has 1 aliphatic rings. The summed E-state index contributed by atoms with van der Waals surface area (Å²) in [6.45, 7) is 0.640. The van der Waals surface area contributed by atoms with E-state index in [2.05, 4.69) is 20.5 Å². The van der Waals surface area contributed by atoms with Crippen LogP contribution in [-0.2, 0) is 11.2 Å². The van der Waals surface area contributed by atoms with E-state index in [0.29, 0.717) is 18.9 Å². The van der Waals surface area contributed by atoms with Gasteiger partial charge in [-0.3, -0.25) is 9.89 Å². The van der Waals surface area contributed by atoms with Crippen molar-refractivity contribution in [1.82, 2.24) is 20.5 Å². The number of H-pyrrole nitrogens is 1. The van der Waals surface area contributed by atoms with Gasteiger partial charge in [-0.25, -0.2) is 4.98 Å². The highest BCUT2D eigenvalue weighted by atomic mass is 16.1. The van der Waals surface area contributed by atoms with E-state index in [0.717, 1.165) is 12.2 Å². The number of carbonyl (C=O) groups excluding carboxylic acids is 1. The van der Waals surface area contributed by atoms with Crippen LogP contribution in [0.4, 0.5) is 0 Å². The zero-order valence-corrected chi connectivity index (χ0v) is 8.70. The van der Waals surface area contributed by atoms with Gasteiger partial charge in [-0.15, -0.1) is 0 Å². The van der Waals surface area contributed by atoms with Gasteiger partial charge in [0, 0.05) is 19.4 Å². The first-order valence-electron chi connectivity index (χ1n) is 5.45. The molecule has 1 amide bonds. The Balaban J connectivity index is 1.58. The maximum Gasteiger partial charge on any atom is 0.220 e. The zero-order chi connectivity index (χ0) is 10.5. The van der Waals surface area contributed by atoms with Crippen LogP contribution >= 0.6 is 0 Å². The maximum absolute atomic E-state index is 11.4. The van der Waals surface area contributed by atoms with Crippen LogP contribution in [-0.4, -0.2) is 27.6 Å². The number of nitrogens with zero attached hydrogens (tertiary/aromatic N) is 2. The molecule has 0 saturated heterocycles. The third kappa shape index (κ3) is 3.04. The Morgan fingerprint density at radius 2 is 2.47 bits per heavy atom. The second-order valence-electron chi connectivity index (χ2n) is 4.03. The van der Waals surface area contributed by atoms with E-state index in [9.17, 15) is 4.79 Å². The fourth-order valence-corrected chi connectivity index (χ4v) is 1.70.